The molecule has 2 aromatic carbocycles. The van der Waals surface area contributed by atoms with Crippen molar-refractivity contribution >= 4 is 40.5 Å². The zero-order chi connectivity index (χ0) is 22.8. The van der Waals surface area contributed by atoms with Gasteiger partial charge in [0.2, 0.25) is 11.9 Å². The highest BCUT2D eigenvalue weighted by molar-refractivity contribution is 6.30. The third-order valence-corrected chi connectivity index (χ3v) is 5.74. The molecule has 1 aliphatic rings. The molecular weight excluding hydrogens is 436 g/mol. The Morgan fingerprint density at radius 1 is 1.12 bits per heavy atom. The van der Waals surface area contributed by atoms with Gasteiger partial charge in [0.15, 0.2) is 0 Å². The lowest BCUT2D eigenvalue weighted by Gasteiger charge is -2.14. The van der Waals surface area contributed by atoms with E-state index in [2.05, 4.69) is 30.9 Å². The Labute approximate surface area is 196 Å². The van der Waals surface area contributed by atoms with Crippen LogP contribution in [0.4, 0.5) is 23.0 Å². The van der Waals surface area contributed by atoms with E-state index in [9.17, 15) is 4.79 Å². The molecule has 3 N–H and O–H groups in total. The molecule has 1 atom stereocenters. The fourth-order valence-corrected chi connectivity index (χ4v) is 3.96. The summed E-state index contributed by atoms with van der Waals surface area (Å²) in [4.78, 5) is 25.9. The molecule has 0 fully saturated rings. The zero-order valence-corrected chi connectivity index (χ0v) is 18.6. The van der Waals surface area contributed by atoms with E-state index in [1.54, 1.807) is 18.6 Å². The number of hydrogen-bond donors (Lipinski definition) is 3. The van der Waals surface area contributed by atoms with E-state index in [4.69, 9.17) is 11.6 Å². The minimum Gasteiger partial charge on any atom is -0.373 e. The Balaban J connectivity index is 1.30. The number of fused-ring (bicyclic) bond motifs is 1. The molecule has 2 aromatic heterocycles. The van der Waals surface area contributed by atoms with Gasteiger partial charge in [-0.05, 0) is 66.6 Å². The molecule has 0 radical (unpaired) electrons. The van der Waals surface area contributed by atoms with Crippen molar-refractivity contribution in [2.24, 2.45) is 0 Å². The number of nitrogens with one attached hydrogen (secondary N) is 3. The van der Waals surface area contributed by atoms with Gasteiger partial charge in [-0.15, -0.1) is 0 Å². The van der Waals surface area contributed by atoms with Crippen LogP contribution in [0.1, 0.15) is 11.1 Å². The predicted molar refractivity (Wildman–Crippen MR) is 131 cm³/mol. The van der Waals surface area contributed by atoms with Crippen LogP contribution in [0.3, 0.4) is 0 Å². The number of halogens is 1. The molecule has 7 nitrogen and oxygen atoms in total. The van der Waals surface area contributed by atoms with Crippen molar-refractivity contribution in [2.45, 2.75) is 19.4 Å². The van der Waals surface area contributed by atoms with Crippen molar-refractivity contribution in [3.63, 3.8) is 0 Å². The highest BCUT2D eigenvalue weighted by atomic mass is 35.5. The summed E-state index contributed by atoms with van der Waals surface area (Å²) in [5, 5.41) is 10.2. The summed E-state index contributed by atoms with van der Waals surface area (Å²) in [5.41, 5.74) is 6.17. The van der Waals surface area contributed by atoms with Gasteiger partial charge < -0.3 is 16.0 Å². The van der Waals surface area contributed by atoms with Crippen LogP contribution in [0.15, 0.2) is 73.2 Å². The standard InChI is InChI=1S/C25H21ClN6O/c1-15-4-6-19(29-24(33)23-12-17-11-18(26)5-7-20(17)30-23)13-22(15)32-25-28-10-8-21(31-25)16-3-2-9-27-14-16/h2-11,13-14,23,30H,12H2,1H3,(H,29,33)(H,28,31,32). The SMILES string of the molecule is Cc1ccc(NC(=O)C2Cc3cc(Cl)ccc3N2)cc1Nc1nccc(-c2cccnc2)n1. The number of nitrogens with zero attached hydrogens (tertiary/aromatic N) is 3. The van der Waals surface area contributed by atoms with Gasteiger partial charge in [-0.3, -0.25) is 9.78 Å². The summed E-state index contributed by atoms with van der Waals surface area (Å²) in [7, 11) is 0. The molecule has 1 amide bonds. The number of carbonyl (C=O) groups is 1. The van der Waals surface area contributed by atoms with Crippen LogP contribution in [0.5, 0.6) is 0 Å². The van der Waals surface area contributed by atoms with E-state index < -0.39 is 0 Å². The number of carbonyl (C=O) groups excluding carboxylic acids is 1. The van der Waals surface area contributed by atoms with Crippen molar-refractivity contribution < 1.29 is 4.79 Å². The first-order valence-corrected chi connectivity index (χ1v) is 10.9. The summed E-state index contributed by atoms with van der Waals surface area (Å²) >= 11 is 6.08. The fourth-order valence-electron chi connectivity index (χ4n) is 3.77. The monoisotopic (exact) mass is 456 g/mol. The number of benzene rings is 2. The number of aryl methyl sites for hydroxylation is 1. The third-order valence-electron chi connectivity index (χ3n) is 5.50. The van der Waals surface area contributed by atoms with Crippen LogP contribution in [0.25, 0.3) is 11.3 Å². The summed E-state index contributed by atoms with van der Waals surface area (Å²) in [5.74, 6) is 0.361. The fraction of sp³-hybridized carbons (Fsp3) is 0.120. The van der Waals surface area contributed by atoms with Crippen LogP contribution in [-0.4, -0.2) is 26.9 Å². The molecule has 0 saturated carbocycles. The molecule has 0 saturated heterocycles. The average Bonchev–Trinajstić information content (AvgIpc) is 3.25. The Hall–Kier alpha value is -3.97. The van der Waals surface area contributed by atoms with Gasteiger partial charge in [-0.1, -0.05) is 17.7 Å². The number of amides is 1. The lowest BCUT2D eigenvalue weighted by molar-refractivity contribution is -0.116. The molecule has 1 unspecified atom stereocenters. The van der Waals surface area contributed by atoms with E-state index in [-0.39, 0.29) is 11.9 Å². The maximum atomic E-state index is 12.9. The van der Waals surface area contributed by atoms with Crippen molar-refractivity contribution in [3.8, 4) is 11.3 Å². The molecule has 0 bridgehead atoms. The lowest BCUT2D eigenvalue weighted by atomic mass is 10.1. The van der Waals surface area contributed by atoms with Gasteiger partial charge >= 0.3 is 0 Å². The molecule has 4 aromatic rings. The van der Waals surface area contributed by atoms with E-state index in [0.717, 1.165) is 33.8 Å². The van der Waals surface area contributed by atoms with Gasteiger partial charge in [-0.2, -0.15) is 0 Å². The number of hydrogen-bond acceptors (Lipinski definition) is 6. The second-order valence-corrected chi connectivity index (χ2v) is 8.29. The Kier molecular flexibility index (Phi) is 5.62. The van der Waals surface area contributed by atoms with E-state index in [1.165, 1.54) is 0 Å². The largest absolute Gasteiger partial charge is 0.373 e. The van der Waals surface area contributed by atoms with Crippen LogP contribution in [0.2, 0.25) is 5.02 Å². The molecule has 164 valence electrons. The highest BCUT2D eigenvalue weighted by Crippen LogP contribution is 2.30. The number of aromatic nitrogens is 3. The maximum absolute atomic E-state index is 12.9. The summed E-state index contributed by atoms with van der Waals surface area (Å²) < 4.78 is 0. The molecule has 3 heterocycles. The van der Waals surface area contributed by atoms with Gasteiger partial charge in [0.05, 0.1) is 5.69 Å². The zero-order valence-electron chi connectivity index (χ0n) is 17.8. The second-order valence-electron chi connectivity index (χ2n) is 7.85. The number of rotatable bonds is 5. The average molecular weight is 457 g/mol. The summed E-state index contributed by atoms with van der Waals surface area (Å²) in [6.45, 7) is 1.98. The molecule has 33 heavy (non-hydrogen) atoms. The van der Waals surface area contributed by atoms with Crippen LogP contribution in [-0.2, 0) is 11.2 Å². The van der Waals surface area contributed by atoms with Crippen LogP contribution >= 0.6 is 11.6 Å². The topological polar surface area (TPSA) is 91.8 Å². The van der Waals surface area contributed by atoms with E-state index in [1.807, 2.05) is 61.5 Å². The van der Waals surface area contributed by atoms with E-state index >= 15 is 0 Å². The smallest absolute Gasteiger partial charge is 0.247 e. The second kappa shape index (κ2) is 8.88. The summed E-state index contributed by atoms with van der Waals surface area (Å²) in [6, 6.07) is 16.6. The number of anilines is 4. The maximum Gasteiger partial charge on any atom is 0.247 e. The minimum atomic E-state index is -0.351. The normalized spacial score (nSPS) is 14.3. The van der Waals surface area contributed by atoms with Crippen LogP contribution in [0, 0.1) is 6.92 Å². The summed E-state index contributed by atoms with van der Waals surface area (Å²) in [6.07, 6.45) is 5.78. The lowest BCUT2D eigenvalue weighted by Crippen LogP contribution is -2.32. The van der Waals surface area contributed by atoms with E-state index in [0.29, 0.717) is 23.1 Å². The molecule has 1 aliphatic heterocycles. The van der Waals surface area contributed by atoms with Crippen molar-refractivity contribution in [3.05, 3.63) is 89.3 Å². The molecule has 0 aliphatic carbocycles. The Bertz CT molecular complexity index is 1330. The van der Waals surface area contributed by atoms with Gasteiger partial charge in [0.1, 0.15) is 6.04 Å². The van der Waals surface area contributed by atoms with Gasteiger partial charge in [-0.25, -0.2) is 9.97 Å². The minimum absolute atomic E-state index is 0.105. The molecule has 5 rings (SSSR count). The Morgan fingerprint density at radius 3 is 2.88 bits per heavy atom. The highest BCUT2D eigenvalue weighted by Gasteiger charge is 2.27. The number of pyridine rings is 1. The first kappa shape index (κ1) is 20.9. The molecule has 8 heteroatoms. The quantitative estimate of drug-likeness (QED) is 0.381. The first-order valence-electron chi connectivity index (χ1n) is 10.5. The predicted octanol–water partition coefficient (Wildman–Crippen LogP) is 5.22. The van der Waals surface area contributed by atoms with Crippen LogP contribution < -0.4 is 16.0 Å². The first-order chi connectivity index (χ1) is 16.0. The van der Waals surface area contributed by atoms with Gasteiger partial charge in [0, 0.05) is 52.7 Å². The Morgan fingerprint density at radius 2 is 2.03 bits per heavy atom. The van der Waals surface area contributed by atoms with Crippen molar-refractivity contribution in [1.29, 1.82) is 0 Å². The van der Waals surface area contributed by atoms with Crippen molar-refractivity contribution in [2.75, 3.05) is 16.0 Å². The van der Waals surface area contributed by atoms with Gasteiger partial charge in [0.25, 0.3) is 0 Å². The molecule has 0 spiro atoms. The third kappa shape index (κ3) is 4.63. The van der Waals surface area contributed by atoms with Crippen molar-refractivity contribution in [1.82, 2.24) is 15.0 Å². The molecular formula is C25H21ClN6O.